The monoisotopic (exact) mass is 196 g/mol. The van der Waals surface area contributed by atoms with Crippen LogP contribution in [0.3, 0.4) is 0 Å². The van der Waals surface area contributed by atoms with Crippen LogP contribution in [-0.2, 0) is 4.79 Å². The van der Waals surface area contributed by atoms with Gasteiger partial charge in [0.25, 0.3) is 0 Å². The number of rotatable bonds is 2. The number of hydrogen-bond donors (Lipinski definition) is 1. The first kappa shape index (κ1) is 9.97. The number of carbonyl (C=O) groups is 1. The van der Waals surface area contributed by atoms with Gasteiger partial charge in [0.1, 0.15) is 0 Å². The van der Waals surface area contributed by atoms with Crippen LogP contribution < -0.4 is 5.32 Å². The van der Waals surface area contributed by atoms with Crippen molar-refractivity contribution in [3.8, 4) is 0 Å². The van der Waals surface area contributed by atoms with E-state index in [4.69, 9.17) is 0 Å². The van der Waals surface area contributed by atoms with E-state index in [2.05, 4.69) is 24.2 Å². The second-order valence-electron chi connectivity index (χ2n) is 4.83. The van der Waals surface area contributed by atoms with Gasteiger partial charge in [-0.25, -0.2) is 0 Å². The first-order valence-corrected chi connectivity index (χ1v) is 5.67. The van der Waals surface area contributed by atoms with Crippen LogP contribution in [0.15, 0.2) is 0 Å². The number of nitrogens with one attached hydrogen (secondary N) is 1. The molecule has 1 amide bonds. The van der Waals surface area contributed by atoms with E-state index in [0.717, 1.165) is 32.2 Å². The zero-order valence-electron chi connectivity index (χ0n) is 9.12. The van der Waals surface area contributed by atoms with Gasteiger partial charge in [-0.15, -0.1) is 0 Å². The molecule has 3 heteroatoms. The lowest BCUT2D eigenvalue weighted by Crippen LogP contribution is -2.47. The van der Waals surface area contributed by atoms with Crippen LogP contribution in [0.4, 0.5) is 0 Å². The van der Waals surface area contributed by atoms with E-state index in [-0.39, 0.29) is 0 Å². The molecule has 1 saturated heterocycles. The second kappa shape index (κ2) is 3.89. The fourth-order valence-corrected chi connectivity index (χ4v) is 2.09. The zero-order chi connectivity index (χ0) is 10.1. The molecule has 0 aromatic carbocycles. The number of nitrogens with zero attached hydrogens (tertiary/aromatic N) is 1. The topological polar surface area (TPSA) is 32.3 Å². The van der Waals surface area contributed by atoms with Crippen molar-refractivity contribution in [3.05, 3.63) is 0 Å². The molecule has 1 N–H and O–H groups in total. The van der Waals surface area contributed by atoms with E-state index in [9.17, 15) is 4.79 Å². The molecule has 1 heterocycles. The Morgan fingerprint density at radius 3 is 2.64 bits per heavy atom. The maximum absolute atomic E-state index is 11.5. The normalized spacial score (nSPS) is 34.1. The molecule has 3 nitrogen and oxygen atoms in total. The molecule has 1 aliphatic carbocycles. The molecular weight excluding hydrogens is 176 g/mol. The van der Waals surface area contributed by atoms with Crippen LogP contribution in [0.5, 0.6) is 0 Å². The van der Waals surface area contributed by atoms with E-state index in [1.807, 2.05) is 0 Å². The summed E-state index contributed by atoms with van der Waals surface area (Å²) in [5.41, 5.74) is 0. The van der Waals surface area contributed by atoms with Gasteiger partial charge >= 0.3 is 0 Å². The van der Waals surface area contributed by atoms with Crippen LogP contribution in [0.25, 0.3) is 0 Å². The van der Waals surface area contributed by atoms with Crippen molar-refractivity contribution in [2.24, 2.45) is 5.92 Å². The molecule has 2 aliphatic rings. The summed E-state index contributed by atoms with van der Waals surface area (Å²) in [6.45, 7) is 3.34. The average Bonchev–Trinajstić information content (AvgIpc) is 2.94. The Hall–Kier alpha value is -0.570. The predicted octanol–water partition coefficient (Wildman–Crippen LogP) is 0.995. The number of carbonyl (C=O) groups excluding carboxylic acids is 1. The summed E-state index contributed by atoms with van der Waals surface area (Å²) >= 11 is 0. The molecule has 0 radical (unpaired) electrons. The molecule has 0 unspecified atom stereocenters. The van der Waals surface area contributed by atoms with Crippen molar-refractivity contribution < 1.29 is 4.79 Å². The van der Waals surface area contributed by atoms with Crippen molar-refractivity contribution in [2.75, 3.05) is 13.6 Å². The predicted molar refractivity (Wildman–Crippen MR) is 56.0 cm³/mol. The highest BCUT2D eigenvalue weighted by Gasteiger charge is 2.32. The van der Waals surface area contributed by atoms with E-state index in [1.165, 1.54) is 0 Å². The number of piperidine rings is 1. The van der Waals surface area contributed by atoms with E-state index in [0.29, 0.717) is 23.9 Å². The Morgan fingerprint density at radius 2 is 2.07 bits per heavy atom. The second-order valence-corrected chi connectivity index (χ2v) is 4.83. The molecule has 2 fully saturated rings. The standard InChI is InChI=1S/C11H20N2O/c1-8-7-10(5-6-13(8)2)12-11(14)9-3-4-9/h8-10H,3-7H2,1-2H3,(H,12,14)/t8-,10-/m1/s1. The van der Waals surface area contributed by atoms with Gasteiger partial charge in [-0.3, -0.25) is 4.79 Å². The number of likely N-dealkylation sites (tertiary alicyclic amines) is 1. The molecule has 0 aromatic rings. The third-order valence-electron chi connectivity index (χ3n) is 3.50. The van der Waals surface area contributed by atoms with Gasteiger partial charge in [0.15, 0.2) is 0 Å². The molecule has 0 bridgehead atoms. The summed E-state index contributed by atoms with van der Waals surface area (Å²) in [5, 5.41) is 3.17. The lowest BCUT2D eigenvalue weighted by molar-refractivity contribution is -0.123. The largest absolute Gasteiger partial charge is 0.353 e. The molecule has 1 saturated carbocycles. The summed E-state index contributed by atoms with van der Waals surface area (Å²) in [4.78, 5) is 13.9. The van der Waals surface area contributed by atoms with Crippen LogP contribution in [0.2, 0.25) is 0 Å². The van der Waals surface area contributed by atoms with E-state index >= 15 is 0 Å². The van der Waals surface area contributed by atoms with E-state index in [1.54, 1.807) is 0 Å². The Bertz CT molecular complexity index is 225. The first-order chi connectivity index (χ1) is 6.66. The lowest BCUT2D eigenvalue weighted by Gasteiger charge is -2.35. The number of amides is 1. The Morgan fingerprint density at radius 1 is 1.36 bits per heavy atom. The minimum absolute atomic E-state index is 0.298. The van der Waals surface area contributed by atoms with Crippen molar-refractivity contribution in [1.82, 2.24) is 10.2 Å². The summed E-state index contributed by atoms with van der Waals surface area (Å²) in [7, 11) is 2.16. The molecule has 0 aromatic heterocycles. The highest BCUT2D eigenvalue weighted by atomic mass is 16.2. The van der Waals surface area contributed by atoms with Crippen LogP contribution >= 0.6 is 0 Å². The highest BCUT2D eigenvalue weighted by molar-refractivity contribution is 5.81. The van der Waals surface area contributed by atoms with Crippen LogP contribution in [-0.4, -0.2) is 36.5 Å². The zero-order valence-corrected chi connectivity index (χ0v) is 9.12. The first-order valence-electron chi connectivity index (χ1n) is 5.67. The van der Waals surface area contributed by atoms with Crippen molar-refractivity contribution in [2.45, 2.75) is 44.7 Å². The van der Waals surface area contributed by atoms with Crippen LogP contribution in [0, 0.1) is 5.92 Å². The van der Waals surface area contributed by atoms with Gasteiger partial charge in [-0.2, -0.15) is 0 Å². The lowest BCUT2D eigenvalue weighted by atomic mass is 9.99. The Labute approximate surface area is 85.8 Å². The van der Waals surface area contributed by atoms with Gasteiger partial charge in [0.2, 0.25) is 5.91 Å². The van der Waals surface area contributed by atoms with Gasteiger partial charge < -0.3 is 10.2 Å². The fourth-order valence-electron chi connectivity index (χ4n) is 2.09. The van der Waals surface area contributed by atoms with Gasteiger partial charge in [-0.1, -0.05) is 0 Å². The molecular formula is C11H20N2O. The minimum Gasteiger partial charge on any atom is -0.353 e. The average molecular weight is 196 g/mol. The minimum atomic E-state index is 0.298. The molecule has 2 rings (SSSR count). The summed E-state index contributed by atoms with van der Waals surface area (Å²) in [6.07, 6.45) is 4.43. The smallest absolute Gasteiger partial charge is 0.223 e. The third kappa shape index (κ3) is 2.27. The Kier molecular flexibility index (Phi) is 2.77. The quantitative estimate of drug-likeness (QED) is 0.714. The third-order valence-corrected chi connectivity index (χ3v) is 3.50. The SMILES string of the molecule is C[C@@H]1C[C@H](NC(=O)C2CC2)CCN1C. The highest BCUT2D eigenvalue weighted by Crippen LogP contribution is 2.29. The summed E-state index contributed by atoms with van der Waals surface area (Å²) < 4.78 is 0. The van der Waals surface area contributed by atoms with Gasteiger partial charge in [0, 0.05) is 24.5 Å². The number of hydrogen-bond acceptors (Lipinski definition) is 2. The molecule has 80 valence electrons. The summed E-state index contributed by atoms with van der Waals surface area (Å²) in [6, 6.07) is 1.03. The fraction of sp³-hybridized carbons (Fsp3) is 0.909. The molecule has 14 heavy (non-hydrogen) atoms. The molecule has 2 atom stereocenters. The molecule has 0 spiro atoms. The maximum atomic E-state index is 11.5. The van der Waals surface area contributed by atoms with Crippen LogP contribution in [0.1, 0.15) is 32.6 Å². The molecule has 1 aliphatic heterocycles. The van der Waals surface area contributed by atoms with Crippen molar-refractivity contribution in [1.29, 1.82) is 0 Å². The van der Waals surface area contributed by atoms with Gasteiger partial charge in [0.05, 0.1) is 0 Å². The van der Waals surface area contributed by atoms with Gasteiger partial charge in [-0.05, 0) is 39.7 Å². The maximum Gasteiger partial charge on any atom is 0.223 e. The van der Waals surface area contributed by atoms with Crippen molar-refractivity contribution >= 4 is 5.91 Å². The van der Waals surface area contributed by atoms with E-state index < -0.39 is 0 Å². The summed E-state index contributed by atoms with van der Waals surface area (Å²) in [5.74, 6) is 0.650. The van der Waals surface area contributed by atoms with Crippen molar-refractivity contribution in [3.63, 3.8) is 0 Å². The Balaban J connectivity index is 1.78.